The molecular formula is C23H34F4OSi. The summed E-state index contributed by atoms with van der Waals surface area (Å²) in [5.74, 6) is -1.36. The highest BCUT2D eigenvalue weighted by Crippen LogP contribution is 2.44. The van der Waals surface area contributed by atoms with Crippen molar-refractivity contribution in [3.05, 3.63) is 29.3 Å². The van der Waals surface area contributed by atoms with E-state index in [4.69, 9.17) is 0 Å². The number of ether oxygens (including phenoxy) is 1. The average molecular weight is 431 g/mol. The lowest BCUT2D eigenvalue weighted by Gasteiger charge is -2.37. The smallest absolute Gasteiger partial charge is 0.387 e. The number of hydrogen-bond donors (Lipinski definition) is 0. The second kappa shape index (κ2) is 10.8. The lowest BCUT2D eigenvalue weighted by atomic mass is 9.72. The van der Waals surface area contributed by atoms with E-state index in [1.165, 1.54) is 62.4 Å². The quantitative estimate of drug-likeness (QED) is 0.234. The summed E-state index contributed by atoms with van der Waals surface area (Å²) in [4.78, 5) is 0. The first-order valence-corrected chi connectivity index (χ1v) is 13.9. The molecule has 1 aliphatic heterocycles. The van der Waals surface area contributed by atoms with Crippen molar-refractivity contribution in [1.82, 2.24) is 0 Å². The van der Waals surface area contributed by atoms with Crippen molar-refractivity contribution in [3.63, 3.8) is 0 Å². The Balaban J connectivity index is 1.48. The monoisotopic (exact) mass is 430 g/mol. The zero-order valence-electron chi connectivity index (χ0n) is 17.4. The summed E-state index contributed by atoms with van der Waals surface area (Å²) in [6, 6.07) is 6.88. The Bertz CT molecular complexity index is 615. The van der Waals surface area contributed by atoms with Gasteiger partial charge in [0.2, 0.25) is 0 Å². The Hall–Kier alpha value is -1.04. The van der Waals surface area contributed by atoms with Crippen LogP contribution in [0, 0.1) is 23.5 Å². The third-order valence-corrected chi connectivity index (χ3v) is 10.8. The fourth-order valence-corrected chi connectivity index (χ4v) is 9.10. The predicted octanol–water partition coefficient (Wildman–Crippen LogP) is 7.67. The molecule has 1 aromatic carbocycles. The molecule has 1 aromatic rings. The van der Waals surface area contributed by atoms with Gasteiger partial charge in [0.15, 0.2) is 17.4 Å². The molecule has 0 radical (unpaired) electrons. The van der Waals surface area contributed by atoms with Crippen LogP contribution in [0.15, 0.2) is 12.1 Å². The van der Waals surface area contributed by atoms with E-state index in [1.807, 2.05) is 0 Å². The standard InChI is InChI=1S/C23H34F4OSi/c1-2-3-4-11-29-12-9-18(10-13-29)16-5-7-17(8-6-16)19-14-20(24)22(21(25)15-19)28-23(26)27/h14-18,23,29H,2-13H2,1H3/t16?,17?,18-,29-. The number of rotatable bonds is 8. The molecule has 0 amide bonds. The van der Waals surface area contributed by atoms with Crippen LogP contribution in [0.25, 0.3) is 0 Å². The second-order valence-corrected chi connectivity index (χ2v) is 12.5. The third kappa shape index (κ3) is 6.22. The Morgan fingerprint density at radius 1 is 0.931 bits per heavy atom. The summed E-state index contributed by atoms with van der Waals surface area (Å²) < 4.78 is 56.7. The van der Waals surface area contributed by atoms with Gasteiger partial charge < -0.3 is 4.74 Å². The van der Waals surface area contributed by atoms with Gasteiger partial charge in [-0.3, -0.25) is 0 Å². The molecule has 1 saturated heterocycles. The highest BCUT2D eigenvalue weighted by Gasteiger charge is 2.32. The van der Waals surface area contributed by atoms with Gasteiger partial charge >= 0.3 is 6.61 Å². The zero-order valence-corrected chi connectivity index (χ0v) is 18.6. The molecule has 6 heteroatoms. The van der Waals surface area contributed by atoms with Crippen LogP contribution in [0.5, 0.6) is 5.75 Å². The summed E-state index contributed by atoms with van der Waals surface area (Å²) in [7, 11) is -0.488. The maximum absolute atomic E-state index is 14.0. The molecule has 2 fully saturated rings. The van der Waals surface area contributed by atoms with Crippen molar-refractivity contribution in [2.24, 2.45) is 11.8 Å². The third-order valence-electron chi connectivity index (χ3n) is 7.24. The lowest BCUT2D eigenvalue weighted by Crippen LogP contribution is -2.28. The van der Waals surface area contributed by atoms with E-state index in [0.29, 0.717) is 5.56 Å². The van der Waals surface area contributed by atoms with Crippen molar-refractivity contribution in [3.8, 4) is 5.75 Å². The van der Waals surface area contributed by atoms with Gasteiger partial charge in [-0.25, -0.2) is 8.78 Å². The molecule has 1 aliphatic carbocycles. The van der Waals surface area contributed by atoms with Crippen LogP contribution in [0.4, 0.5) is 17.6 Å². The summed E-state index contributed by atoms with van der Waals surface area (Å²) >= 11 is 0. The zero-order chi connectivity index (χ0) is 20.8. The highest BCUT2D eigenvalue weighted by atomic mass is 28.3. The largest absolute Gasteiger partial charge is 0.429 e. The van der Waals surface area contributed by atoms with E-state index < -0.39 is 32.8 Å². The number of hydrogen-bond acceptors (Lipinski definition) is 1. The van der Waals surface area contributed by atoms with Gasteiger partial charge in [0.1, 0.15) is 0 Å². The Morgan fingerprint density at radius 2 is 1.52 bits per heavy atom. The van der Waals surface area contributed by atoms with Crippen molar-refractivity contribution in [2.45, 2.75) is 95.4 Å². The normalized spacial score (nSPS) is 27.9. The second-order valence-electron chi connectivity index (χ2n) is 9.08. The molecule has 1 heterocycles. The molecule has 2 aliphatic rings. The van der Waals surface area contributed by atoms with Crippen LogP contribution in [0.2, 0.25) is 18.1 Å². The van der Waals surface area contributed by atoms with Crippen molar-refractivity contribution in [2.75, 3.05) is 0 Å². The fraction of sp³-hybridized carbons (Fsp3) is 0.739. The van der Waals surface area contributed by atoms with Crippen LogP contribution in [0.1, 0.15) is 76.2 Å². The van der Waals surface area contributed by atoms with Gasteiger partial charge in [-0.2, -0.15) is 8.78 Å². The minimum Gasteiger partial charge on any atom is -0.429 e. The summed E-state index contributed by atoms with van der Waals surface area (Å²) in [6.07, 6.45) is 11.0. The molecule has 0 aromatic heterocycles. The van der Waals surface area contributed by atoms with E-state index in [9.17, 15) is 17.6 Å². The van der Waals surface area contributed by atoms with Gasteiger partial charge in [0.05, 0.1) is 0 Å². The molecule has 0 atom stereocenters. The summed E-state index contributed by atoms with van der Waals surface area (Å²) in [5, 5.41) is 0. The summed E-state index contributed by atoms with van der Waals surface area (Å²) in [5.41, 5.74) is 0.576. The van der Waals surface area contributed by atoms with Crippen LogP contribution >= 0.6 is 0 Å². The van der Waals surface area contributed by atoms with Crippen molar-refractivity contribution in [1.29, 1.82) is 0 Å². The van der Waals surface area contributed by atoms with E-state index in [0.717, 1.165) is 37.5 Å². The van der Waals surface area contributed by atoms with Crippen molar-refractivity contribution >= 4 is 8.80 Å². The number of halogens is 4. The van der Waals surface area contributed by atoms with Gasteiger partial charge in [-0.05, 0) is 61.1 Å². The Kier molecular flexibility index (Phi) is 8.45. The number of benzene rings is 1. The fourth-order valence-electron chi connectivity index (χ4n) is 5.57. The van der Waals surface area contributed by atoms with Crippen LogP contribution in [0.3, 0.4) is 0 Å². The topological polar surface area (TPSA) is 9.23 Å². The maximum Gasteiger partial charge on any atom is 0.387 e. The van der Waals surface area contributed by atoms with Gasteiger partial charge in [-0.1, -0.05) is 57.2 Å². The molecule has 3 rings (SSSR count). The number of alkyl halides is 2. The van der Waals surface area contributed by atoms with Crippen LogP contribution < -0.4 is 4.74 Å². The first kappa shape index (κ1) is 22.6. The minimum absolute atomic E-state index is 0.107. The predicted molar refractivity (Wildman–Crippen MR) is 112 cm³/mol. The Labute approximate surface area is 173 Å². The van der Waals surface area contributed by atoms with Crippen LogP contribution in [-0.2, 0) is 0 Å². The maximum atomic E-state index is 14.0. The SMILES string of the molecule is CCCCC[Si@H]1CC[C@H](C2CCC(c3cc(F)c(OC(F)F)c(F)c3)CC2)CC1. The molecule has 164 valence electrons. The first-order chi connectivity index (χ1) is 14.0. The molecule has 0 N–H and O–H groups in total. The molecule has 0 bridgehead atoms. The molecule has 1 nitrogen and oxygen atoms in total. The van der Waals surface area contributed by atoms with E-state index >= 15 is 0 Å². The van der Waals surface area contributed by atoms with Gasteiger partial charge in [-0.15, -0.1) is 0 Å². The van der Waals surface area contributed by atoms with Gasteiger partial charge in [0.25, 0.3) is 0 Å². The van der Waals surface area contributed by atoms with Crippen molar-refractivity contribution < 1.29 is 22.3 Å². The molecule has 1 saturated carbocycles. The minimum atomic E-state index is -3.23. The molecular weight excluding hydrogens is 396 g/mol. The highest BCUT2D eigenvalue weighted by molar-refractivity contribution is 6.58. The van der Waals surface area contributed by atoms with Crippen LogP contribution in [-0.4, -0.2) is 15.4 Å². The Morgan fingerprint density at radius 3 is 2.07 bits per heavy atom. The number of unbranched alkanes of at least 4 members (excludes halogenated alkanes) is 2. The van der Waals surface area contributed by atoms with E-state index in [2.05, 4.69) is 11.7 Å². The molecule has 0 unspecified atom stereocenters. The average Bonchev–Trinajstić information content (AvgIpc) is 2.71. The van der Waals surface area contributed by atoms with E-state index in [1.54, 1.807) is 0 Å². The summed E-state index contributed by atoms with van der Waals surface area (Å²) in [6.45, 7) is -0.964. The molecule has 0 spiro atoms. The van der Waals surface area contributed by atoms with E-state index in [-0.39, 0.29) is 5.92 Å². The van der Waals surface area contributed by atoms with Gasteiger partial charge in [0, 0.05) is 8.80 Å². The molecule has 29 heavy (non-hydrogen) atoms. The first-order valence-electron chi connectivity index (χ1n) is 11.4. The lowest BCUT2D eigenvalue weighted by molar-refractivity contribution is -0.0546.